The number of benzene rings is 2. The number of ether oxygens (including phenoxy) is 4. The van der Waals surface area contributed by atoms with Crippen molar-refractivity contribution in [1.82, 2.24) is 0 Å². The third kappa shape index (κ3) is 3.26. The van der Waals surface area contributed by atoms with Crippen molar-refractivity contribution in [2.45, 2.75) is 0 Å². The van der Waals surface area contributed by atoms with Gasteiger partial charge in [0.25, 0.3) is 0 Å². The zero-order valence-corrected chi connectivity index (χ0v) is 14.7. The van der Waals surface area contributed by atoms with Gasteiger partial charge in [0.1, 0.15) is 34.5 Å². The zero-order chi connectivity index (χ0) is 17.8. The quantitative estimate of drug-likeness (QED) is 0.654. The van der Waals surface area contributed by atoms with Crippen LogP contribution in [0.3, 0.4) is 0 Å². The van der Waals surface area contributed by atoms with E-state index in [2.05, 4.69) is 0 Å². The SMILES string of the molecule is COc1ccc(OC)c(-c2ccc(-c3cc(OC)ccc3OC)o2)c1. The predicted octanol–water partition coefficient (Wildman–Crippen LogP) is 4.65. The molecule has 130 valence electrons. The molecule has 0 aliphatic heterocycles. The Morgan fingerprint density at radius 3 is 1.36 bits per heavy atom. The van der Waals surface area contributed by atoms with Crippen LogP contribution in [-0.4, -0.2) is 28.4 Å². The van der Waals surface area contributed by atoms with E-state index in [9.17, 15) is 0 Å². The average Bonchev–Trinajstić information content (AvgIpc) is 3.16. The topological polar surface area (TPSA) is 50.1 Å². The summed E-state index contributed by atoms with van der Waals surface area (Å²) >= 11 is 0. The Morgan fingerprint density at radius 1 is 0.560 bits per heavy atom. The predicted molar refractivity (Wildman–Crippen MR) is 95.8 cm³/mol. The van der Waals surface area contributed by atoms with Crippen LogP contribution in [-0.2, 0) is 0 Å². The van der Waals surface area contributed by atoms with E-state index in [1.54, 1.807) is 28.4 Å². The Kier molecular flexibility index (Phi) is 4.84. The van der Waals surface area contributed by atoms with Crippen LogP contribution >= 0.6 is 0 Å². The summed E-state index contributed by atoms with van der Waals surface area (Å²) in [5.41, 5.74) is 1.63. The first-order valence-electron chi connectivity index (χ1n) is 7.74. The first-order chi connectivity index (χ1) is 12.2. The summed E-state index contributed by atoms with van der Waals surface area (Å²) in [6.45, 7) is 0. The van der Waals surface area contributed by atoms with Gasteiger partial charge < -0.3 is 23.4 Å². The van der Waals surface area contributed by atoms with Gasteiger partial charge in [-0.1, -0.05) is 0 Å². The molecule has 0 fully saturated rings. The molecular formula is C20H20O5. The number of methoxy groups -OCH3 is 4. The van der Waals surface area contributed by atoms with Crippen LogP contribution in [0.1, 0.15) is 0 Å². The normalized spacial score (nSPS) is 10.4. The van der Waals surface area contributed by atoms with Crippen molar-refractivity contribution < 1.29 is 23.4 Å². The van der Waals surface area contributed by atoms with Gasteiger partial charge in [0, 0.05) is 0 Å². The highest BCUT2D eigenvalue weighted by atomic mass is 16.5. The van der Waals surface area contributed by atoms with Crippen LogP contribution in [0.5, 0.6) is 23.0 Å². The minimum absolute atomic E-state index is 0.677. The molecule has 0 amide bonds. The minimum atomic E-state index is 0.677. The third-order valence-electron chi connectivity index (χ3n) is 3.95. The highest BCUT2D eigenvalue weighted by Gasteiger charge is 2.15. The molecule has 5 heteroatoms. The van der Waals surface area contributed by atoms with Crippen LogP contribution in [0.15, 0.2) is 52.9 Å². The van der Waals surface area contributed by atoms with Crippen LogP contribution in [0.4, 0.5) is 0 Å². The van der Waals surface area contributed by atoms with Crippen molar-refractivity contribution >= 4 is 0 Å². The van der Waals surface area contributed by atoms with Crippen molar-refractivity contribution in [3.8, 4) is 45.6 Å². The molecule has 0 saturated carbocycles. The lowest BCUT2D eigenvalue weighted by Gasteiger charge is -2.10. The van der Waals surface area contributed by atoms with E-state index in [0.717, 1.165) is 22.6 Å². The summed E-state index contributed by atoms with van der Waals surface area (Å²) in [5.74, 6) is 4.23. The highest BCUT2D eigenvalue weighted by molar-refractivity contribution is 5.73. The molecule has 0 radical (unpaired) electrons. The Balaban J connectivity index is 2.07. The Labute approximate surface area is 146 Å². The van der Waals surface area contributed by atoms with Gasteiger partial charge in [0.05, 0.1) is 39.6 Å². The molecule has 1 aromatic heterocycles. The summed E-state index contributed by atoms with van der Waals surface area (Å²) in [4.78, 5) is 0. The molecule has 2 aromatic carbocycles. The second kappa shape index (κ2) is 7.21. The second-order valence-corrected chi connectivity index (χ2v) is 5.30. The number of furan rings is 1. The Hall–Kier alpha value is -3.08. The van der Waals surface area contributed by atoms with Crippen LogP contribution in [0.25, 0.3) is 22.6 Å². The first kappa shape index (κ1) is 16.8. The number of hydrogen-bond acceptors (Lipinski definition) is 5. The fourth-order valence-electron chi connectivity index (χ4n) is 2.64. The Bertz CT molecular complexity index is 796. The van der Waals surface area contributed by atoms with Crippen molar-refractivity contribution in [2.24, 2.45) is 0 Å². The van der Waals surface area contributed by atoms with Crippen molar-refractivity contribution in [3.05, 3.63) is 48.5 Å². The lowest BCUT2D eigenvalue weighted by Crippen LogP contribution is -1.90. The van der Waals surface area contributed by atoms with Crippen LogP contribution in [0.2, 0.25) is 0 Å². The van der Waals surface area contributed by atoms with Crippen LogP contribution < -0.4 is 18.9 Å². The van der Waals surface area contributed by atoms with Crippen molar-refractivity contribution in [3.63, 3.8) is 0 Å². The van der Waals surface area contributed by atoms with E-state index in [0.29, 0.717) is 23.0 Å². The largest absolute Gasteiger partial charge is 0.497 e. The molecular weight excluding hydrogens is 320 g/mol. The molecule has 3 aromatic rings. The maximum absolute atomic E-state index is 6.07. The van der Waals surface area contributed by atoms with Gasteiger partial charge >= 0.3 is 0 Å². The first-order valence-corrected chi connectivity index (χ1v) is 7.74. The van der Waals surface area contributed by atoms with E-state index >= 15 is 0 Å². The molecule has 25 heavy (non-hydrogen) atoms. The van der Waals surface area contributed by atoms with Gasteiger partial charge in [-0.25, -0.2) is 0 Å². The van der Waals surface area contributed by atoms with Gasteiger partial charge in [-0.3, -0.25) is 0 Å². The summed E-state index contributed by atoms with van der Waals surface area (Å²) in [6, 6.07) is 14.9. The maximum Gasteiger partial charge on any atom is 0.138 e. The molecule has 5 nitrogen and oxygen atoms in total. The number of hydrogen-bond donors (Lipinski definition) is 0. The van der Waals surface area contributed by atoms with E-state index in [1.165, 1.54) is 0 Å². The van der Waals surface area contributed by atoms with E-state index in [-0.39, 0.29) is 0 Å². The molecule has 0 unspecified atom stereocenters. The van der Waals surface area contributed by atoms with Crippen LogP contribution in [0, 0.1) is 0 Å². The van der Waals surface area contributed by atoms with E-state index < -0.39 is 0 Å². The molecule has 0 spiro atoms. The fraction of sp³-hybridized carbons (Fsp3) is 0.200. The Morgan fingerprint density at radius 2 is 1.00 bits per heavy atom. The summed E-state index contributed by atoms with van der Waals surface area (Å²) < 4.78 is 27.5. The van der Waals surface area contributed by atoms with Gasteiger partial charge in [0.15, 0.2) is 0 Å². The minimum Gasteiger partial charge on any atom is -0.497 e. The second-order valence-electron chi connectivity index (χ2n) is 5.30. The molecule has 0 saturated heterocycles. The lowest BCUT2D eigenvalue weighted by molar-refractivity contribution is 0.402. The van der Waals surface area contributed by atoms with Gasteiger partial charge in [-0.2, -0.15) is 0 Å². The standard InChI is InChI=1S/C20H20O5/c1-21-13-5-7-17(23-3)15(11-13)19-9-10-20(25-19)16-12-14(22-2)6-8-18(16)24-4/h5-12H,1-4H3. The van der Waals surface area contributed by atoms with Gasteiger partial charge in [0.2, 0.25) is 0 Å². The molecule has 1 heterocycles. The fourth-order valence-corrected chi connectivity index (χ4v) is 2.64. The summed E-state index contributed by atoms with van der Waals surface area (Å²) in [6.07, 6.45) is 0. The molecule has 0 N–H and O–H groups in total. The zero-order valence-electron chi connectivity index (χ0n) is 14.7. The molecule has 0 aliphatic rings. The van der Waals surface area contributed by atoms with Gasteiger partial charge in [-0.05, 0) is 48.5 Å². The van der Waals surface area contributed by atoms with Crippen molar-refractivity contribution in [1.29, 1.82) is 0 Å². The maximum atomic E-state index is 6.07. The van der Waals surface area contributed by atoms with E-state index in [1.807, 2.05) is 48.5 Å². The third-order valence-corrected chi connectivity index (χ3v) is 3.95. The summed E-state index contributed by atoms with van der Waals surface area (Å²) in [5, 5.41) is 0. The number of rotatable bonds is 6. The monoisotopic (exact) mass is 340 g/mol. The van der Waals surface area contributed by atoms with E-state index in [4.69, 9.17) is 23.4 Å². The lowest BCUT2D eigenvalue weighted by atomic mass is 10.1. The average molecular weight is 340 g/mol. The smallest absolute Gasteiger partial charge is 0.138 e. The van der Waals surface area contributed by atoms with Gasteiger partial charge in [-0.15, -0.1) is 0 Å². The molecule has 0 aliphatic carbocycles. The van der Waals surface area contributed by atoms with Crippen molar-refractivity contribution in [2.75, 3.05) is 28.4 Å². The molecule has 0 atom stereocenters. The highest BCUT2D eigenvalue weighted by Crippen LogP contribution is 2.39. The molecule has 0 bridgehead atoms. The molecule has 3 rings (SSSR count). The summed E-state index contributed by atoms with van der Waals surface area (Å²) in [7, 11) is 6.50.